The van der Waals surface area contributed by atoms with Crippen molar-refractivity contribution in [3.05, 3.63) is 12.2 Å². The number of ether oxygens (including phenoxy) is 1. The minimum atomic E-state index is 0. The third-order valence-electron chi connectivity index (χ3n) is 6.62. The van der Waals surface area contributed by atoms with Gasteiger partial charge in [-0.1, -0.05) is 19.3 Å². The molecule has 3 aliphatic rings. The highest BCUT2D eigenvalue weighted by atomic mass is 127. The van der Waals surface area contributed by atoms with Crippen molar-refractivity contribution in [2.45, 2.75) is 83.0 Å². The summed E-state index contributed by atoms with van der Waals surface area (Å²) in [7, 11) is 1.87. The molecule has 0 bridgehead atoms. The number of guanidine groups is 1. The average Bonchev–Trinajstić information content (AvgIpc) is 3.14. The molecule has 1 spiro atoms. The number of hydrogen-bond acceptors (Lipinski definition) is 4. The molecule has 2 fully saturated rings. The Bertz CT molecular complexity index is 642. The molecule has 2 N–H and O–H groups in total. The standard InChI is InChI=1S/C19H32N6O.HI/c1-3-26-16-11-15(19(16)9-5-4-6-10-19)24-18(20-2)23-14-7-8-17-21-13-22-25(17)12-14;/h13-16H,3-12H2,1-2H3,(H2,20,23,24);1H. The van der Waals surface area contributed by atoms with E-state index in [9.17, 15) is 0 Å². The topological polar surface area (TPSA) is 76.4 Å². The van der Waals surface area contributed by atoms with Crippen LogP contribution in [0, 0.1) is 5.41 Å². The molecule has 27 heavy (non-hydrogen) atoms. The van der Waals surface area contributed by atoms with Gasteiger partial charge >= 0.3 is 0 Å². The van der Waals surface area contributed by atoms with Crippen molar-refractivity contribution in [1.82, 2.24) is 25.4 Å². The molecule has 0 aromatic carbocycles. The number of hydrogen-bond donors (Lipinski definition) is 2. The van der Waals surface area contributed by atoms with Crippen molar-refractivity contribution in [1.29, 1.82) is 0 Å². The Balaban J connectivity index is 0.00000210. The lowest BCUT2D eigenvalue weighted by Gasteiger charge is -2.58. The van der Waals surface area contributed by atoms with Crippen molar-refractivity contribution in [3.8, 4) is 0 Å². The normalized spacial score (nSPS) is 29.4. The fourth-order valence-electron chi connectivity index (χ4n) is 5.15. The van der Waals surface area contributed by atoms with Crippen LogP contribution in [0.15, 0.2) is 11.3 Å². The van der Waals surface area contributed by atoms with Crippen LogP contribution in [-0.4, -0.2) is 52.6 Å². The van der Waals surface area contributed by atoms with Crippen molar-refractivity contribution in [2.24, 2.45) is 10.4 Å². The van der Waals surface area contributed by atoms with Crippen LogP contribution in [0.25, 0.3) is 0 Å². The summed E-state index contributed by atoms with van der Waals surface area (Å²) < 4.78 is 8.08. The third-order valence-corrected chi connectivity index (χ3v) is 6.62. The van der Waals surface area contributed by atoms with E-state index < -0.39 is 0 Å². The number of nitrogens with zero attached hydrogens (tertiary/aromatic N) is 4. The molecule has 3 atom stereocenters. The van der Waals surface area contributed by atoms with Crippen LogP contribution in [0.1, 0.15) is 57.7 Å². The number of halogens is 1. The largest absolute Gasteiger partial charge is 0.378 e. The monoisotopic (exact) mass is 488 g/mol. The molecule has 4 rings (SSSR count). The van der Waals surface area contributed by atoms with Gasteiger partial charge in [0, 0.05) is 37.6 Å². The first-order valence-corrected chi connectivity index (χ1v) is 10.2. The molecule has 152 valence electrons. The van der Waals surface area contributed by atoms with Crippen LogP contribution in [-0.2, 0) is 17.7 Å². The molecule has 1 aromatic rings. The van der Waals surface area contributed by atoms with Gasteiger partial charge in [0.15, 0.2) is 5.96 Å². The number of aryl methyl sites for hydroxylation is 1. The molecule has 7 nitrogen and oxygen atoms in total. The van der Waals surface area contributed by atoms with Gasteiger partial charge in [-0.2, -0.15) is 5.10 Å². The molecule has 0 saturated heterocycles. The van der Waals surface area contributed by atoms with E-state index in [4.69, 9.17) is 4.74 Å². The number of nitrogens with one attached hydrogen (secondary N) is 2. The minimum Gasteiger partial charge on any atom is -0.378 e. The Labute approximate surface area is 179 Å². The molecule has 2 saturated carbocycles. The van der Waals surface area contributed by atoms with Crippen LogP contribution in [0.5, 0.6) is 0 Å². The summed E-state index contributed by atoms with van der Waals surface area (Å²) in [6.45, 7) is 3.78. The lowest BCUT2D eigenvalue weighted by atomic mass is 9.55. The Hall–Kier alpha value is -0.900. The van der Waals surface area contributed by atoms with Gasteiger partial charge in [0.2, 0.25) is 0 Å². The van der Waals surface area contributed by atoms with E-state index in [1.165, 1.54) is 32.1 Å². The predicted octanol–water partition coefficient (Wildman–Crippen LogP) is 2.50. The first-order chi connectivity index (χ1) is 12.7. The molecule has 2 aliphatic carbocycles. The fourth-order valence-corrected chi connectivity index (χ4v) is 5.15. The minimum absolute atomic E-state index is 0. The molecule has 1 aromatic heterocycles. The Morgan fingerprint density at radius 1 is 1.33 bits per heavy atom. The SMILES string of the molecule is CCOC1CC(NC(=NC)NC2CCc3ncnn3C2)C12CCCCC2.I. The van der Waals surface area contributed by atoms with E-state index >= 15 is 0 Å². The second-order valence-electron chi connectivity index (χ2n) is 7.98. The van der Waals surface area contributed by atoms with Crippen molar-refractivity contribution < 1.29 is 4.74 Å². The average molecular weight is 488 g/mol. The molecular formula is C19H33IN6O. The first-order valence-electron chi connectivity index (χ1n) is 10.2. The predicted molar refractivity (Wildman–Crippen MR) is 117 cm³/mol. The van der Waals surface area contributed by atoms with E-state index in [0.717, 1.165) is 44.2 Å². The van der Waals surface area contributed by atoms with Crippen LogP contribution in [0.2, 0.25) is 0 Å². The highest BCUT2D eigenvalue weighted by Crippen LogP contribution is 2.53. The second kappa shape index (κ2) is 9.07. The molecule has 0 amide bonds. The molecular weight excluding hydrogens is 455 g/mol. The van der Waals surface area contributed by atoms with E-state index in [2.05, 4.69) is 32.6 Å². The number of aliphatic imine (C=N–C) groups is 1. The lowest BCUT2D eigenvalue weighted by molar-refractivity contribution is -0.145. The van der Waals surface area contributed by atoms with Crippen LogP contribution in [0.4, 0.5) is 0 Å². The fraction of sp³-hybridized carbons (Fsp3) is 0.842. The van der Waals surface area contributed by atoms with Gasteiger partial charge in [0.1, 0.15) is 12.2 Å². The first kappa shape index (κ1) is 20.8. The van der Waals surface area contributed by atoms with Crippen molar-refractivity contribution in [2.75, 3.05) is 13.7 Å². The van der Waals surface area contributed by atoms with Gasteiger partial charge < -0.3 is 15.4 Å². The Morgan fingerprint density at radius 3 is 2.89 bits per heavy atom. The van der Waals surface area contributed by atoms with Gasteiger partial charge in [0.05, 0.1) is 12.6 Å². The quantitative estimate of drug-likeness (QED) is 0.387. The van der Waals surface area contributed by atoms with E-state index in [1.807, 2.05) is 11.7 Å². The third kappa shape index (κ3) is 4.11. The summed E-state index contributed by atoms with van der Waals surface area (Å²) in [6, 6.07) is 0.816. The smallest absolute Gasteiger partial charge is 0.191 e. The van der Waals surface area contributed by atoms with Crippen LogP contribution < -0.4 is 10.6 Å². The molecule has 3 unspecified atom stereocenters. The highest BCUT2D eigenvalue weighted by molar-refractivity contribution is 14.0. The van der Waals surface area contributed by atoms with E-state index in [1.54, 1.807) is 6.33 Å². The maximum atomic E-state index is 6.08. The summed E-state index contributed by atoms with van der Waals surface area (Å²) in [5, 5.41) is 11.7. The molecule has 1 aliphatic heterocycles. The van der Waals surface area contributed by atoms with E-state index in [-0.39, 0.29) is 24.0 Å². The van der Waals surface area contributed by atoms with Gasteiger partial charge in [-0.3, -0.25) is 4.99 Å². The van der Waals surface area contributed by atoms with Crippen LogP contribution in [0.3, 0.4) is 0 Å². The van der Waals surface area contributed by atoms with Gasteiger partial charge in [-0.25, -0.2) is 9.67 Å². The van der Waals surface area contributed by atoms with E-state index in [0.29, 0.717) is 23.6 Å². The number of rotatable bonds is 4. The summed E-state index contributed by atoms with van der Waals surface area (Å²) in [4.78, 5) is 8.81. The summed E-state index contributed by atoms with van der Waals surface area (Å²) in [5.41, 5.74) is 0.303. The highest BCUT2D eigenvalue weighted by Gasteiger charge is 2.55. The second-order valence-corrected chi connectivity index (χ2v) is 7.98. The molecule has 2 heterocycles. The maximum Gasteiger partial charge on any atom is 0.191 e. The van der Waals surface area contributed by atoms with Gasteiger partial charge in [-0.05, 0) is 32.6 Å². The van der Waals surface area contributed by atoms with Gasteiger partial charge in [0.25, 0.3) is 0 Å². The zero-order valence-electron chi connectivity index (χ0n) is 16.5. The maximum absolute atomic E-state index is 6.08. The Morgan fingerprint density at radius 2 is 2.15 bits per heavy atom. The van der Waals surface area contributed by atoms with Crippen molar-refractivity contribution in [3.63, 3.8) is 0 Å². The van der Waals surface area contributed by atoms with Crippen LogP contribution >= 0.6 is 24.0 Å². The zero-order chi connectivity index (χ0) is 18.0. The summed E-state index contributed by atoms with van der Waals surface area (Å²) >= 11 is 0. The summed E-state index contributed by atoms with van der Waals surface area (Å²) in [6.07, 6.45) is 11.8. The van der Waals surface area contributed by atoms with Crippen molar-refractivity contribution >= 4 is 29.9 Å². The van der Waals surface area contributed by atoms with Gasteiger partial charge in [-0.15, -0.1) is 24.0 Å². The Kier molecular flexibility index (Phi) is 6.99. The number of aromatic nitrogens is 3. The molecule has 8 heteroatoms. The molecule has 0 radical (unpaired) electrons. The number of fused-ring (bicyclic) bond motifs is 1. The summed E-state index contributed by atoms with van der Waals surface area (Å²) in [5.74, 6) is 2.01. The zero-order valence-corrected chi connectivity index (χ0v) is 18.8. The lowest BCUT2D eigenvalue weighted by Crippen LogP contribution is -2.67.